The van der Waals surface area contributed by atoms with Gasteiger partial charge in [-0.2, -0.15) is 0 Å². The molecule has 7 amide bonds. The van der Waals surface area contributed by atoms with Crippen LogP contribution in [0.2, 0.25) is 0 Å². The zero-order valence-electron chi connectivity index (χ0n) is 47.3. The van der Waals surface area contributed by atoms with Crippen LogP contribution < -0.4 is 5.73 Å². The van der Waals surface area contributed by atoms with E-state index in [0.29, 0.717) is 117 Å². The number of amides is 7. The number of hydrogen-bond donors (Lipinski definition) is 1. The predicted molar refractivity (Wildman–Crippen MR) is 316 cm³/mol. The fourth-order valence-corrected chi connectivity index (χ4v) is 9.50. The first-order chi connectivity index (χ1) is 39.2. The average molecular weight is 1090 g/mol. The molecule has 81 heavy (non-hydrogen) atoms. The van der Waals surface area contributed by atoms with Crippen molar-refractivity contribution in [3.63, 3.8) is 0 Å². The molecule has 0 unspecified atom stereocenters. The zero-order valence-corrected chi connectivity index (χ0v) is 47.3. The molecule has 0 atom stereocenters. The molecule has 0 spiro atoms. The first-order valence-electron chi connectivity index (χ1n) is 27.8. The Bertz CT molecular complexity index is 3260. The summed E-state index contributed by atoms with van der Waals surface area (Å²) in [6.45, 7) is 16.8. The second kappa shape index (κ2) is 28.6. The Hall–Kier alpha value is -9.17. The fraction of sp³-hybridized carbons (Fsp3) is 0.269. The Morgan fingerprint density at radius 3 is 0.568 bits per heavy atom. The van der Waals surface area contributed by atoms with Crippen molar-refractivity contribution in [3.8, 4) is 0 Å². The Kier molecular flexibility index (Phi) is 21.0. The summed E-state index contributed by atoms with van der Waals surface area (Å²) in [6.07, 6.45) is 0. The standard InChI is InChI=1S/C67H73N7O7/c1-7-69(62(76)55-16-14-13-15-17-55)43-49-20-32-57(33-21-49)64(78)71(9-3)45-51-24-36-59(37-25-51)66(80)73(11-5)47-53-28-40-60(41-29-53)67(81)74(12-6)46-52-26-38-58(39-27-52)65(79)72(10-4)44-50-22-34-56(35-23-50)63(77)70(8-2)42-48-18-30-54(31-19-48)61(68)75/h13-41H,7-12,42-47H2,1-6H3,(H2,68,75). The molecule has 14 heteroatoms. The van der Waals surface area contributed by atoms with Gasteiger partial charge in [0.15, 0.2) is 0 Å². The molecular formula is C67H73N7O7. The van der Waals surface area contributed by atoms with E-state index >= 15 is 0 Å². The number of nitrogens with zero attached hydrogens (tertiary/aromatic N) is 6. The Morgan fingerprint density at radius 2 is 0.407 bits per heavy atom. The first kappa shape index (κ1) is 59.5. The van der Waals surface area contributed by atoms with E-state index < -0.39 is 5.91 Å². The van der Waals surface area contributed by atoms with Crippen LogP contribution in [-0.2, 0) is 39.3 Å². The van der Waals surface area contributed by atoms with E-state index in [1.807, 2.05) is 145 Å². The second-order valence-electron chi connectivity index (χ2n) is 19.8. The van der Waals surface area contributed by atoms with Gasteiger partial charge < -0.3 is 35.1 Å². The molecule has 0 heterocycles. The third kappa shape index (κ3) is 15.6. The molecule has 0 saturated heterocycles. The maximum atomic E-state index is 13.8. The van der Waals surface area contributed by atoms with Gasteiger partial charge in [0.25, 0.3) is 35.4 Å². The highest BCUT2D eigenvalue weighted by molar-refractivity contribution is 5.98. The number of primary amides is 1. The molecule has 0 aliphatic carbocycles. The number of carbonyl (C=O) groups excluding carboxylic acids is 7. The molecule has 0 aliphatic heterocycles. The van der Waals surface area contributed by atoms with Crippen molar-refractivity contribution < 1.29 is 33.6 Å². The molecule has 0 aromatic heterocycles. The van der Waals surface area contributed by atoms with Crippen LogP contribution in [0.5, 0.6) is 0 Å². The van der Waals surface area contributed by atoms with Gasteiger partial charge >= 0.3 is 0 Å². The summed E-state index contributed by atoms with van der Waals surface area (Å²) in [7, 11) is 0. The highest BCUT2D eigenvalue weighted by atomic mass is 16.2. The summed E-state index contributed by atoms with van der Waals surface area (Å²) in [5, 5.41) is 0. The van der Waals surface area contributed by atoms with Gasteiger partial charge in [0.2, 0.25) is 5.91 Å². The lowest BCUT2D eigenvalue weighted by Gasteiger charge is -2.24. The minimum Gasteiger partial charge on any atom is -0.366 e. The van der Waals surface area contributed by atoms with E-state index in [1.54, 1.807) is 102 Å². The Balaban J connectivity index is 0.879. The lowest BCUT2D eigenvalue weighted by molar-refractivity contribution is 0.0740. The molecular weight excluding hydrogens is 1010 g/mol. The topological polar surface area (TPSA) is 165 Å². The lowest BCUT2D eigenvalue weighted by Crippen LogP contribution is -2.32. The summed E-state index contributed by atoms with van der Waals surface area (Å²) in [5.74, 6) is -1.17. The van der Waals surface area contributed by atoms with E-state index in [2.05, 4.69) is 0 Å². The van der Waals surface area contributed by atoms with E-state index in [9.17, 15) is 33.6 Å². The highest BCUT2D eigenvalue weighted by Gasteiger charge is 2.22. The van der Waals surface area contributed by atoms with Crippen molar-refractivity contribution in [2.24, 2.45) is 5.73 Å². The molecule has 418 valence electrons. The van der Waals surface area contributed by atoms with Crippen molar-refractivity contribution >= 4 is 41.4 Å². The molecule has 2 N–H and O–H groups in total. The van der Waals surface area contributed by atoms with Crippen LogP contribution in [0.3, 0.4) is 0 Å². The highest BCUT2D eigenvalue weighted by Crippen LogP contribution is 2.21. The normalized spacial score (nSPS) is 10.8. The molecule has 0 saturated carbocycles. The van der Waals surface area contributed by atoms with Crippen LogP contribution >= 0.6 is 0 Å². The van der Waals surface area contributed by atoms with Crippen molar-refractivity contribution in [3.05, 3.63) is 248 Å². The number of benzene rings is 7. The molecule has 0 bridgehead atoms. The molecule has 7 aromatic rings. The maximum absolute atomic E-state index is 13.8. The van der Waals surface area contributed by atoms with Crippen LogP contribution in [0.25, 0.3) is 0 Å². The van der Waals surface area contributed by atoms with Crippen molar-refractivity contribution in [1.29, 1.82) is 0 Å². The molecule has 7 rings (SSSR count). The van der Waals surface area contributed by atoms with Gasteiger partial charge in [-0.15, -0.1) is 0 Å². The lowest BCUT2D eigenvalue weighted by atomic mass is 10.1. The van der Waals surface area contributed by atoms with Crippen LogP contribution in [0.15, 0.2) is 176 Å². The maximum Gasteiger partial charge on any atom is 0.254 e. The van der Waals surface area contributed by atoms with E-state index in [-0.39, 0.29) is 35.4 Å². The second-order valence-corrected chi connectivity index (χ2v) is 19.8. The van der Waals surface area contributed by atoms with E-state index in [0.717, 1.165) is 33.4 Å². The Labute approximate surface area is 476 Å². The Morgan fingerprint density at radius 1 is 0.247 bits per heavy atom. The number of rotatable bonds is 25. The SMILES string of the molecule is CCN(Cc1ccc(C(=O)N(CC)Cc2ccc(C(=O)N(CC)Cc3ccc(C(=O)N(CC)Cc4ccc(C(=O)N(CC)Cc5ccc(C(=O)N(CC)Cc6ccc(C(N)=O)cc6)cc5)cc4)cc3)cc2)cc1)C(=O)c1ccccc1. The van der Waals surface area contributed by atoms with Crippen LogP contribution in [-0.4, -0.2) is 110 Å². The largest absolute Gasteiger partial charge is 0.366 e. The van der Waals surface area contributed by atoms with E-state index in [4.69, 9.17) is 5.73 Å². The fourth-order valence-electron chi connectivity index (χ4n) is 9.50. The van der Waals surface area contributed by atoms with Crippen molar-refractivity contribution in [2.75, 3.05) is 39.3 Å². The van der Waals surface area contributed by atoms with Crippen LogP contribution in [0.1, 0.15) is 147 Å². The van der Waals surface area contributed by atoms with Gasteiger partial charge in [0.1, 0.15) is 0 Å². The number of carbonyl (C=O) groups is 7. The van der Waals surface area contributed by atoms with Crippen molar-refractivity contribution in [1.82, 2.24) is 29.4 Å². The van der Waals surface area contributed by atoms with Gasteiger partial charge in [-0.1, -0.05) is 91.0 Å². The quantitative estimate of drug-likeness (QED) is 0.0595. The predicted octanol–water partition coefficient (Wildman–Crippen LogP) is 10.8. The van der Waals surface area contributed by atoms with Gasteiger partial charge in [-0.3, -0.25) is 33.6 Å². The zero-order chi connectivity index (χ0) is 58.0. The molecule has 0 fully saturated rings. The third-order valence-electron chi connectivity index (χ3n) is 14.5. The minimum absolute atomic E-state index is 0.0405. The van der Waals surface area contributed by atoms with Gasteiger partial charge in [-0.25, -0.2) is 0 Å². The number of nitrogens with two attached hydrogens (primary N) is 1. The average Bonchev–Trinajstić information content (AvgIpc) is 3.52. The van der Waals surface area contributed by atoms with Crippen molar-refractivity contribution in [2.45, 2.75) is 80.8 Å². The smallest absolute Gasteiger partial charge is 0.254 e. The van der Waals surface area contributed by atoms with Gasteiger partial charge in [-0.05, 0) is 160 Å². The third-order valence-corrected chi connectivity index (χ3v) is 14.5. The van der Waals surface area contributed by atoms with Gasteiger partial charge in [0, 0.05) is 117 Å². The number of hydrogen-bond acceptors (Lipinski definition) is 7. The molecule has 14 nitrogen and oxygen atoms in total. The summed E-state index contributed by atoms with van der Waals surface area (Å²) >= 11 is 0. The van der Waals surface area contributed by atoms with E-state index in [1.165, 1.54) is 0 Å². The molecule has 0 aliphatic rings. The van der Waals surface area contributed by atoms with Gasteiger partial charge in [0.05, 0.1) is 0 Å². The minimum atomic E-state index is -0.503. The van der Waals surface area contributed by atoms with Crippen LogP contribution in [0.4, 0.5) is 0 Å². The monoisotopic (exact) mass is 1090 g/mol. The summed E-state index contributed by atoms with van der Waals surface area (Å²) in [5.41, 5.74) is 14.4. The first-order valence-corrected chi connectivity index (χ1v) is 27.8. The summed E-state index contributed by atoms with van der Waals surface area (Å²) in [6, 6.07) is 52.8. The summed E-state index contributed by atoms with van der Waals surface area (Å²) < 4.78 is 0. The van der Waals surface area contributed by atoms with Crippen LogP contribution in [0, 0.1) is 0 Å². The molecule has 7 aromatic carbocycles. The summed E-state index contributed by atoms with van der Waals surface area (Å²) in [4.78, 5) is 103. The molecule has 0 radical (unpaired) electrons.